The van der Waals surface area contributed by atoms with Crippen LogP contribution in [0.4, 0.5) is 0 Å². The lowest BCUT2D eigenvalue weighted by molar-refractivity contribution is -0.0611. The minimum absolute atomic E-state index is 0.201. The van der Waals surface area contributed by atoms with Crippen molar-refractivity contribution in [2.75, 3.05) is 39.9 Å². The van der Waals surface area contributed by atoms with Gasteiger partial charge in [-0.1, -0.05) is 19.1 Å². The quantitative estimate of drug-likeness (QED) is 0.863. The zero-order valence-electron chi connectivity index (χ0n) is 12.8. The maximum atomic E-state index is 5.96. The van der Waals surface area contributed by atoms with Gasteiger partial charge in [0.2, 0.25) is 0 Å². The van der Waals surface area contributed by atoms with Crippen LogP contribution in [0.5, 0.6) is 5.75 Å². The van der Waals surface area contributed by atoms with Gasteiger partial charge in [0.05, 0.1) is 25.4 Å². The molecule has 1 heterocycles. The molecular formula is C16H26N2O2. The number of morpholine rings is 1. The van der Waals surface area contributed by atoms with E-state index in [1.54, 1.807) is 0 Å². The molecule has 1 N–H and O–H groups in total. The summed E-state index contributed by atoms with van der Waals surface area (Å²) < 4.78 is 11.5. The number of likely N-dealkylation sites (N-methyl/N-ethyl adjacent to an activating group) is 2. The highest BCUT2D eigenvalue weighted by Gasteiger charge is 2.30. The van der Waals surface area contributed by atoms with Gasteiger partial charge in [-0.2, -0.15) is 0 Å². The van der Waals surface area contributed by atoms with Crippen LogP contribution in [-0.2, 0) is 4.74 Å². The summed E-state index contributed by atoms with van der Waals surface area (Å²) >= 11 is 0. The molecule has 0 radical (unpaired) electrons. The van der Waals surface area contributed by atoms with Crippen LogP contribution in [-0.4, -0.2) is 50.9 Å². The van der Waals surface area contributed by atoms with Crippen molar-refractivity contribution >= 4 is 0 Å². The zero-order valence-corrected chi connectivity index (χ0v) is 12.8. The van der Waals surface area contributed by atoms with Gasteiger partial charge in [-0.3, -0.25) is 4.90 Å². The van der Waals surface area contributed by atoms with E-state index < -0.39 is 0 Å². The van der Waals surface area contributed by atoms with Crippen LogP contribution in [0.3, 0.4) is 0 Å². The Bertz CT molecular complexity index is 394. The number of hydrogen-bond donors (Lipinski definition) is 1. The monoisotopic (exact) mass is 278 g/mol. The van der Waals surface area contributed by atoms with Gasteiger partial charge >= 0.3 is 0 Å². The fourth-order valence-corrected chi connectivity index (χ4v) is 2.72. The fraction of sp³-hybridized carbons (Fsp3) is 0.625. The van der Waals surface area contributed by atoms with E-state index in [1.807, 2.05) is 19.1 Å². The van der Waals surface area contributed by atoms with Gasteiger partial charge in [-0.15, -0.1) is 0 Å². The van der Waals surface area contributed by atoms with Gasteiger partial charge in [0.15, 0.2) is 0 Å². The molecule has 1 saturated heterocycles. The Labute approximate surface area is 122 Å². The van der Waals surface area contributed by atoms with E-state index >= 15 is 0 Å². The molecule has 1 aromatic rings. The molecule has 112 valence electrons. The largest absolute Gasteiger partial charge is 0.494 e. The number of rotatable bonds is 6. The van der Waals surface area contributed by atoms with Crippen molar-refractivity contribution in [3.63, 3.8) is 0 Å². The minimum atomic E-state index is 0.201. The van der Waals surface area contributed by atoms with Crippen LogP contribution < -0.4 is 10.1 Å². The van der Waals surface area contributed by atoms with E-state index in [0.717, 1.165) is 32.0 Å². The summed E-state index contributed by atoms with van der Waals surface area (Å²) in [5.41, 5.74) is 1.29. The molecule has 2 rings (SSSR count). The Morgan fingerprint density at radius 2 is 2.05 bits per heavy atom. The third-order valence-electron chi connectivity index (χ3n) is 3.73. The van der Waals surface area contributed by atoms with Gasteiger partial charge < -0.3 is 14.8 Å². The van der Waals surface area contributed by atoms with Gasteiger partial charge in [0.1, 0.15) is 5.75 Å². The van der Waals surface area contributed by atoms with Crippen molar-refractivity contribution in [1.82, 2.24) is 10.2 Å². The average Bonchev–Trinajstić information content (AvgIpc) is 2.47. The second-order valence-electron chi connectivity index (χ2n) is 5.14. The van der Waals surface area contributed by atoms with Crippen LogP contribution in [0, 0.1) is 0 Å². The summed E-state index contributed by atoms with van der Waals surface area (Å²) in [7, 11) is 2.17. The highest BCUT2D eigenvalue weighted by atomic mass is 16.5. The van der Waals surface area contributed by atoms with Crippen molar-refractivity contribution in [2.45, 2.75) is 26.0 Å². The number of nitrogens with one attached hydrogen (secondary N) is 1. The van der Waals surface area contributed by atoms with Crippen molar-refractivity contribution in [3.8, 4) is 5.75 Å². The zero-order chi connectivity index (χ0) is 14.4. The van der Waals surface area contributed by atoms with Crippen molar-refractivity contribution in [2.24, 2.45) is 0 Å². The number of nitrogens with zero attached hydrogens (tertiary/aromatic N) is 1. The average molecular weight is 278 g/mol. The highest BCUT2D eigenvalue weighted by molar-refractivity contribution is 5.30. The summed E-state index contributed by atoms with van der Waals surface area (Å²) in [6, 6.07) is 8.70. The topological polar surface area (TPSA) is 33.7 Å². The molecule has 0 bridgehead atoms. The number of ether oxygens (including phenoxy) is 2. The first-order chi connectivity index (χ1) is 9.76. The van der Waals surface area contributed by atoms with Crippen LogP contribution in [0.1, 0.15) is 25.5 Å². The molecule has 2 atom stereocenters. The van der Waals surface area contributed by atoms with E-state index in [2.05, 4.69) is 36.3 Å². The van der Waals surface area contributed by atoms with Gasteiger partial charge in [-0.25, -0.2) is 0 Å². The van der Waals surface area contributed by atoms with Crippen LogP contribution in [0.2, 0.25) is 0 Å². The molecule has 1 aliphatic heterocycles. The Balaban J connectivity index is 2.12. The van der Waals surface area contributed by atoms with Gasteiger partial charge in [-0.05, 0) is 38.2 Å². The summed E-state index contributed by atoms with van der Waals surface area (Å²) in [6.45, 7) is 8.47. The van der Waals surface area contributed by atoms with Crippen LogP contribution >= 0.6 is 0 Å². The smallest absolute Gasteiger partial charge is 0.119 e. The SMILES string of the molecule is CCNCC1OCCN(C)C1c1ccc(OCC)cc1. The van der Waals surface area contributed by atoms with E-state index in [1.165, 1.54) is 5.56 Å². The Morgan fingerprint density at radius 3 is 2.70 bits per heavy atom. The molecule has 1 aliphatic rings. The maximum Gasteiger partial charge on any atom is 0.119 e. The molecule has 1 fully saturated rings. The lowest BCUT2D eigenvalue weighted by Gasteiger charge is -2.39. The van der Waals surface area contributed by atoms with Crippen molar-refractivity contribution in [3.05, 3.63) is 29.8 Å². The Hall–Kier alpha value is -1.10. The predicted octanol–water partition coefficient (Wildman–Crippen LogP) is 2.07. The summed E-state index contributed by atoms with van der Waals surface area (Å²) in [5.74, 6) is 0.930. The van der Waals surface area contributed by atoms with Crippen molar-refractivity contribution < 1.29 is 9.47 Å². The maximum absolute atomic E-state index is 5.96. The molecule has 0 aliphatic carbocycles. The molecule has 2 unspecified atom stereocenters. The molecular weight excluding hydrogens is 252 g/mol. The van der Waals surface area contributed by atoms with Gasteiger partial charge in [0, 0.05) is 13.1 Å². The van der Waals surface area contributed by atoms with E-state index in [0.29, 0.717) is 12.6 Å². The number of hydrogen-bond acceptors (Lipinski definition) is 4. The molecule has 0 aromatic heterocycles. The molecule has 0 spiro atoms. The lowest BCUT2D eigenvalue weighted by atomic mass is 9.98. The molecule has 1 aromatic carbocycles. The molecule has 0 amide bonds. The van der Waals surface area contributed by atoms with Crippen LogP contribution in [0.15, 0.2) is 24.3 Å². The Kier molecular flexibility index (Phi) is 5.83. The first kappa shape index (κ1) is 15.3. The standard InChI is InChI=1S/C16H26N2O2/c1-4-17-12-15-16(18(3)10-11-20-15)13-6-8-14(9-7-13)19-5-2/h6-9,15-17H,4-5,10-12H2,1-3H3. The van der Waals surface area contributed by atoms with Crippen molar-refractivity contribution in [1.29, 1.82) is 0 Å². The molecule has 4 nitrogen and oxygen atoms in total. The predicted molar refractivity (Wildman–Crippen MR) is 81.3 cm³/mol. The first-order valence-corrected chi connectivity index (χ1v) is 7.51. The molecule has 20 heavy (non-hydrogen) atoms. The third kappa shape index (κ3) is 3.72. The highest BCUT2D eigenvalue weighted by Crippen LogP contribution is 2.29. The lowest BCUT2D eigenvalue weighted by Crippen LogP contribution is -2.47. The normalized spacial score (nSPS) is 23.8. The summed E-state index contributed by atoms with van der Waals surface area (Å²) in [6.07, 6.45) is 0.201. The second-order valence-corrected chi connectivity index (χ2v) is 5.14. The molecule has 0 saturated carbocycles. The summed E-state index contributed by atoms with van der Waals surface area (Å²) in [5, 5.41) is 3.39. The Morgan fingerprint density at radius 1 is 1.30 bits per heavy atom. The number of benzene rings is 1. The fourth-order valence-electron chi connectivity index (χ4n) is 2.72. The summed E-state index contributed by atoms with van der Waals surface area (Å²) in [4.78, 5) is 2.38. The van der Waals surface area contributed by atoms with E-state index in [4.69, 9.17) is 9.47 Å². The second kappa shape index (κ2) is 7.62. The van der Waals surface area contributed by atoms with E-state index in [-0.39, 0.29) is 6.10 Å². The van der Waals surface area contributed by atoms with Crippen LogP contribution in [0.25, 0.3) is 0 Å². The molecule has 4 heteroatoms. The third-order valence-corrected chi connectivity index (χ3v) is 3.73. The van der Waals surface area contributed by atoms with E-state index in [9.17, 15) is 0 Å². The minimum Gasteiger partial charge on any atom is -0.494 e. The van der Waals surface area contributed by atoms with Gasteiger partial charge in [0.25, 0.3) is 0 Å². The first-order valence-electron chi connectivity index (χ1n) is 7.51.